The number of rotatable bonds is 15. The molecule has 12 heteroatoms. The summed E-state index contributed by atoms with van der Waals surface area (Å²) >= 11 is 1.45. The van der Waals surface area contributed by atoms with Crippen LogP contribution in [0, 0.1) is 5.92 Å². The van der Waals surface area contributed by atoms with Crippen molar-refractivity contribution in [1.82, 2.24) is 16.0 Å². The number of carbonyl (C=O) groups is 5. The molecule has 0 aliphatic heterocycles. The number of aliphatic carboxylic acids is 2. The first-order chi connectivity index (χ1) is 14.0. The molecular weight excluding hydrogens is 416 g/mol. The molecule has 0 fully saturated rings. The second-order valence-electron chi connectivity index (χ2n) is 6.87. The molecule has 3 amide bonds. The molecule has 0 aromatic carbocycles. The summed E-state index contributed by atoms with van der Waals surface area (Å²) in [7, 11) is 0. The molecule has 0 aromatic rings. The number of nitrogens with one attached hydrogen (secondary N) is 3. The Kier molecular flexibility index (Phi) is 13.5. The van der Waals surface area contributed by atoms with Gasteiger partial charge in [0.25, 0.3) is 0 Å². The summed E-state index contributed by atoms with van der Waals surface area (Å²) in [4.78, 5) is 58.5. The van der Waals surface area contributed by atoms with E-state index in [0.717, 1.165) is 0 Å². The second kappa shape index (κ2) is 14.6. The number of carboxylic acid groups (broad SMARTS) is 2. The topological polar surface area (TPSA) is 188 Å². The first kappa shape index (κ1) is 27.7. The van der Waals surface area contributed by atoms with Crippen LogP contribution in [0.4, 0.5) is 0 Å². The molecule has 11 nitrogen and oxygen atoms in total. The fourth-order valence-electron chi connectivity index (χ4n) is 2.39. The van der Waals surface area contributed by atoms with Gasteiger partial charge in [-0.05, 0) is 30.8 Å². The number of thioether (sulfide) groups is 1. The van der Waals surface area contributed by atoms with E-state index in [1.807, 2.05) is 13.2 Å². The Hall–Kier alpha value is -2.34. The van der Waals surface area contributed by atoms with Crippen LogP contribution in [-0.2, 0) is 24.0 Å². The monoisotopic (exact) mass is 448 g/mol. The van der Waals surface area contributed by atoms with Gasteiger partial charge in [0.15, 0.2) is 0 Å². The molecule has 172 valence electrons. The van der Waals surface area contributed by atoms with Crippen LogP contribution in [0.15, 0.2) is 0 Å². The molecule has 0 rings (SSSR count). The van der Waals surface area contributed by atoms with Gasteiger partial charge in [-0.1, -0.05) is 20.3 Å². The zero-order valence-electron chi connectivity index (χ0n) is 17.5. The Morgan fingerprint density at radius 3 is 2.17 bits per heavy atom. The van der Waals surface area contributed by atoms with Crippen molar-refractivity contribution >= 4 is 41.4 Å². The van der Waals surface area contributed by atoms with E-state index in [4.69, 9.17) is 10.8 Å². The molecule has 4 atom stereocenters. The van der Waals surface area contributed by atoms with Crippen LogP contribution >= 0.6 is 11.8 Å². The lowest BCUT2D eigenvalue weighted by Crippen LogP contribution is -2.56. The molecule has 30 heavy (non-hydrogen) atoms. The molecule has 0 bridgehead atoms. The van der Waals surface area contributed by atoms with Crippen LogP contribution in [0.2, 0.25) is 0 Å². The Balaban J connectivity index is 4.86. The Morgan fingerprint density at radius 2 is 1.67 bits per heavy atom. The highest BCUT2D eigenvalue weighted by molar-refractivity contribution is 7.98. The second-order valence-corrected chi connectivity index (χ2v) is 7.85. The third-order valence-electron chi connectivity index (χ3n) is 4.47. The average Bonchev–Trinajstić information content (AvgIpc) is 2.70. The highest BCUT2D eigenvalue weighted by Crippen LogP contribution is 2.09. The van der Waals surface area contributed by atoms with Crippen LogP contribution < -0.4 is 21.7 Å². The molecule has 0 aromatic heterocycles. The van der Waals surface area contributed by atoms with Gasteiger partial charge >= 0.3 is 11.9 Å². The van der Waals surface area contributed by atoms with Gasteiger partial charge in [0, 0.05) is 6.42 Å². The highest BCUT2D eigenvalue weighted by Gasteiger charge is 2.29. The van der Waals surface area contributed by atoms with E-state index in [1.165, 1.54) is 11.8 Å². The largest absolute Gasteiger partial charge is 0.481 e. The summed E-state index contributed by atoms with van der Waals surface area (Å²) in [6.45, 7) is 3.11. The van der Waals surface area contributed by atoms with Crippen LogP contribution in [-0.4, -0.2) is 76.6 Å². The zero-order valence-corrected chi connectivity index (χ0v) is 18.3. The Labute approximate surface area is 179 Å². The maximum absolute atomic E-state index is 12.6. The summed E-state index contributed by atoms with van der Waals surface area (Å²) in [5, 5.41) is 25.1. The van der Waals surface area contributed by atoms with Crippen molar-refractivity contribution in [3.8, 4) is 0 Å². The van der Waals surface area contributed by atoms with Gasteiger partial charge in [0.2, 0.25) is 17.7 Å². The van der Waals surface area contributed by atoms with Crippen molar-refractivity contribution < 1.29 is 34.2 Å². The lowest BCUT2D eigenvalue weighted by molar-refractivity contribution is -0.142. The first-order valence-electron chi connectivity index (χ1n) is 9.59. The molecule has 0 spiro atoms. The van der Waals surface area contributed by atoms with Gasteiger partial charge in [0.1, 0.15) is 12.1 Å². The molecule has 4 unspecified atom stereocenters. The molecule has 0 radical (unpaired) electrons. The minimum Gasteiger partial charge on any atom is -0.481 e. The van der Waals surface area contributed by atoms with Crippen molar-refractivity contribution in [3.63, 3.8) is 0 Å². The van der Waals surface area contributed by atoms with Crippen LogP contribution in [0.25, 0.3) is 0 Å². The minimum absolute atomic E-state index is 0.0761. The van der Waals surface area contributed by atoms with Crippen molar-refractivity contribution in [3.05, 3.63) is 0 Å². The number of hydrogen-bond acceptors (Lipinski definition) is 7. The number of hydrogen-bond donors (Lipinski definition) is 6. The maximum Gasteiger partial charge on any atom is 0.326 e. The fraction of sp³-hybridized carbons (Fsp3) is 0.722. The van der Waals surface area contributed by atoms with Crippen LogP contribution in [0.1, 0.15) is 39.5 Å². The summed E-state index contributed by atoms with van der Waals surface area (Å²) < 4.78 is 0. The maximum atomic E-state index is 12.6. The van der Waals surface area contributed by atoms with E-state index < -0.39 is 54.3 Å². The number of amides is 3. The van der Waals surface area contributed by atoms with Crippen molar-refractivity contribution in [2.24, 2.45) is 11.7 Å². The number of nitrogens with two attached hydrogens (primary N) is 1. The van der Waals surface area contributed by atoms with Crippen molar-refractivity contribution in [1.29, 1.82) is 0 Å². The van der Waals surface area contributed by atoms with E-state index in [1.54, 1.807) is 6.92 Å². The minimum atomic E-state index is -1.16. The zero-order chi connectivity index (χ0) is 23.3. The van der Waals surface area contributed by atoms with Crippen LogP contribution in [0.3, 0.4) is 0 Å². The molecule has 0 aliphatic carbocycles. The number of carbonyl (C=O) groups excluding carboxylic acids is 3. The quantitative estimate of drug-likeness (QED) is 0.185. The highest BCUT2D eigenvalue weighted by atomic mass is 32.2. The van der Waals surface area contributed by atoms with E-state index in [9.17, 15) is 29.1 Å². The van der Waals surface area contributed by atoms with Gasteiger partial charge in [-0.3, -0.25) is 19.2 Å². The van der Waals surface area contributed by atoms with Crippen molar-refractivity contribution in [2.75, 3.05) is 18.6 Å². The molecule has 0 aliphatic rings. The van der Waals surface area contributed by atoms with Crippen LogP contribution in [0.5, 0.6) is 0 Å². The predicted molar refractivity (Wildman–Crippen MR) is 112 cm³/mol. The molecule has 0 saturated heterocycles. The lowest BCUT2D eigenvalue weighted by atomic mass is 9.97. The SMILES string of the molecule is CCC(C)C(NC(=O)CNC(=O)C(N)CCC(=O)O)C(=O)NC(CCSC)C(=O)O. The standard InChI is InChI=1S/C18H32N4O7S/c1-4-10(2)15(17(27)21-12(18(28)29)7-8-30-3)22-13(23)9-20-16(26)11(19)5-6-14(24)25/h10-12,15H,4-9,19H2,1-3H3,(H,20,26)(H,21,27)(H,22,23)(H,24,25)(H,28,29). The van der Waals surface area contributed by atoms with Gasteiger partial charge in [-0.15, -0.1) is 0 Å². The molecule has 0 saturated carbocycles. The third-order valence-corrected chi connectivity index (χ3v) is 5.11. The van der Waals surface area contributed by atoms with E-state index in [-0.39, 0.29) is 25.2 Å². The fourth-order valence-corrected chi connectivity index (χ4v) is 2.86. The van der Waals surface area contributed by atoms with Crippen molar-refractivity contribution in [2.45, 2.75) is 57.7 Å². The Morgan fingerprint density at radius 1 is 1.03 bits per heavy atom. The summed E-state index contributed by atoms with van der Waals surface area (Å²) in [5.41, 5.74) is 5.57. The first-order valence-corrected chi connectivity index (χ1v) is 11.0. The number of carboxylic acids is 2. The summed E-state index contributed by atoms with van der Waals surface area (Å²) in [5.74, 6) is -3.92. The molecule has 7 N–H and O–H groups in total. The predicted octanol–water partition coefficient (Wildman–Crippen LogP) is -0.852. The molecular formula is C18H32N4O7S. The lowest BCUT2D eigenvalue weighted by Gasteiger charge is -2.25. The Bertz CT molecular complexity index is 617. The third kappa shape index (κ3) is 11.0. The summed E-state index contributed by atoms with van der Waals surface area (Å²) in [6.07, 6.45) is 2.26. The normalized spacial score (nSPS) is 14.7. The van der Waals surface area contributed by atoms with E-state index in [0.29, 0.717) is 12.2 Å². The van der Waals surface area contributed by atoms with Gasteiger partial charge in [-0.25, -0.2) is 4.79 Å². The van der Waals surface area contributed by atoms with E-state index >= 15 is 0 Å². The summed E-state index contributed by atoms with van der Waals surface area (Å²) in [6, 6.07) is -3.12. The average molecular weight is 449 g/mol. The molecule has 0 heterocycles. The van der Waals surface area contributed by atoms with Gasteiger partial charge in [0.05, 0.1) is 12.6 Å². The van der Waals surface area contributed by atoms with E-state index in [2.05, 4.69) is 16.0 Å². The van der Waals surface area contributed by atoms with Gasteiger partial charge in [-0.2, -0.15) is 11.8 Å². The smallest absolute Gasteiger partial charge is 0.326 e. The van der Waals surface area contributed by atoms with Gasteiger partial charge < -0.3 is 31.9 Å².